The number of aromatic nitrogens is 2. The summed E-state index contributed by atoms with van der Waals surface area (Å²) in [5.74, 6) is 0.772. The van der Waals surface area contributed by atoms with E-state index in [1.807, 2.05) is 25.1 Å². The predicted molar refractivity (Wildman–Crippen MR) is 127 cm³/mol. The number of nitrogens with zero attached hydrogens (tertiary/aromatic N) is 2. The fraction of sp³-hybridized carbons (Fsp3) is 0.385. The molecule has 1 fully saturated rings. The van der Waals surface area contributed by atoms with Crippen LogP contribution in [-0.4, -0.2) is 34.9 Å². The average molecular weight is 463 g/mol. The van der Waals surface area contributed by atoms with Crippen LogP contribution in [0.2, 0.25) is 0 Å². The van der Waals surface area contributed by atoms with E-state index in [2.05, 4.69) is 20.6 Å². The Kier molecular flexibility index (Phi) is 7.57. The lowest BCUT2D eigenvalue weighted by molar-refractivity contribution is -0.124. The second kappa shape index (κ2) is 11.0. The summed E-state index contributed by atoms with van der Waals surface area (Å²) >= 11 is 0. The average Bonchev–Trinajstić information content (AvgIpc) is 3.37. The van der Waals surface area contributed by atoms with E-state index in [-0.39, 0.29) is 17.6 Å². The van der Waals surface area contributed by atoms with Gasteiger partial charge in [-0.1, -0.05) is 25.3 Å². The van der Waals surface area contributed by atoms with Gasteiger partial charge in [0.25, 0.3) is 5.91 Å². The number of furan rings is 1. The van der Waals surface area contributed by atoms with Crippen LogP contribution in [0.15, 0.2) is 53.1 Å². The summed E-state index contributed by atoms with van der Waals surface area (Å²) in [6.07, 6.45) is 6.79. The largest absolute Gasteiger partial charge is 0.486 e. The van der Waals surface area contributed by atoms with Crippen molar-refractivity contribution in [3.8, 4) is 17.2 Å². The molecule has 1 aliphatic carbocycles. The molecule has 0 radical (unpaired) electrons. The highest BCUT2D eigenvalue weighted by Crippen LogP contribution is 2.27. The van der Waals surface area contributed by atoms with Crippen LogP contribution in [0.3, 0.4) is 0 Å². The zero-order chi connectivity index (χ0) is 23.9. The summed E-state index contributed by atoms with van der Waals surface area (Å²) in [5, 5.41) is 5.54. The smallest absolute Gasteiger partial charge is 0.287 e. The van der Waals surface area contributed by atoms with Gasteiger partial charge < -0.3 is 19.8 Å². The van der Waals surface area contributed by atoms with E-state index < -0.39 is 11.9 Å². The van der Waals surface area contributed by atoms with E-state index in [0.29, 0.717) is 23.8 Å². The monoisotopic (exact) mass is 462 g/mol. The van der Waals surface area contributed by atoms with Crippen LogP contribution >= 0.6 is 0 Å². The molecule has 3 aromatic rings. The van der Waals surface area contributed by atoms with Gasteiger partial charge in [-0.05, 0) is 62.1 Å². The van der Waals surface area contributed by atoms with Crippen molar-refractivity contribution in [1.82, 2.24) is 20.6 Å². The van der Waals surface area contributed by atoms with E-state index >= 15 is 0 Å². The highest BCUT2D eigenvalue weighted by atomic mass is 16.5. The minimum Gasteiger partial charge on any atom is -0.486 e. The van der Waals surface area contributed by atoms with Gasteiger partial charge >= 0.3 is 0 Å². The van der Waals surface area contributed by atoms with Crippen molar-refractivity contribution in [1.29, 1.82) is 0 Å². The molecule has 0 spiro atoms. The molecule has 0 bridgehead atoms. The zero-order valence-electron chi connectivity index (χ0n) is 19.5. The Labute approximate surface area is 199 Å². The topological polar surface area (TPSA) is 106 Å². The molecule has 0 aliphatic heterocycles. The van der Waals surface area contributed by atoms with Gasteiger partial charge in [0.15, 0.2) is 11.5 Å². The van der Waals surface area contributed by atoms with Gasteiger partial charge in [0, 0.05) is 12.7 Å². The molecular weight excluding hydrogens is 432 g/mol. The van der Waals surface area contributed by atoms with E-state index in [1.165, 1.54) is 6.42 Å². The Morgan fingerprint density at radius 1 is 1.12 bits per heavy atom. The summed E-state index contributed by atoms with van der Waals surface area (Å²) in [4.78, 5) is 34.1. The lowest BCUT2D eigenvalue weighted by Crippen LogP contribution is -2.50. The summed E-state index contributed by atoms with van der Waals surface area (Å²) in [6.45, 7) is 2.29. The second-order valence-electron chi connectivity index (χ2n) is 8.57. The highest BCUT2D eigenvalue weighted by Gasteiger charge is 2.31. The predicted octanol–water partition coefficient (Wildman–Crippen LogP) is 4.05. The molecule has 2 N–H and O–H groups in total. The first kappa shape index (κ1) is 23.5. The minimum absolute atomic E-state index is 0.135. The van der Waals surface area contributed by atoms with Crippen LogP contribution in [0.5, 0.6) is 5.75 Å². The fourth-order valence-electron chi connectivity index (χ4n) is 4.28. The van der Waals surface area contributed by atoms with E-state index in [9.17, 15) is 9.59 Å². The van der Waals surface area contributed by atoms with Crippen molar-refractivity contribution in [2.75, 3.05) is 7.05 Å². The van der Waals surface area contributed by atoms with Crippen LogP contribution in [0.1, 0.15) is 54.0 Å². The number of aryl methyl sites for hydroxylation is 1. The molecule has 0 unspecified atom stereocenters. The minimum atomic E-state index is -0.566. The molecule has 0 aromatic carbocycles. The van der Waals surface area contributed by atoms with Crippen molar-refractivity contribution in [3.63, 3.8) is 0 Å². The van der Waals surface area contributed by atoms with E-state index in [4.69, 9.17) is 9.15 Å². The molecule has 8 heteroatoms. The van der Waals surface area contributed by atoms with Crippen molar-refractivity contribution >= 4 is 11.8 Å². The Morgan fingerprint density at radius 2 is 1.94 bits per heavy atom. The van der Waals surface area contributed by atoms with Crippen molar-refractivity contribution in [2.24, 2.45) is 5.92 Å². The van der Waals surface area contributed by atoms with Gasteiger partial charge in [0.1, 0.15) is 24.1 Å². The van der Waals surface area contributed by atoms with Crippen molar-refractivity contribution < 1.29 is 18.7 Å². The van der Waals surface area contributed by atoms with Crippen LogP contribution in [0.4, 0.5) is 0 Å². The van der Waals surface area contributed by atoms with Crippen LogP contribution in [0.25, 0.3) is 11.5 Å². The number of ether oxygens (including phenoxy) is 1. The summed E-state index contributed by atoms with van der Waals surface area (Å²) in [7, 11) is 1.59. The molecule has 2 amide bonds. The Hall–Kier alpha value is -3.68. The quantitative estimate of drug-likeness (QED) is 0.523. The number of likely N-dealkylation sites (N-methyl/N-ethyl adjacent to an activating group) is 1. The van der Waals surface area contributed by atoms with Gasteiger partial charge in [-0.15, -0.1) is 0 Å². The SMILES string of the molecule is CNC(=O)[C@@H](NC(=O)c1ccc(-c2ccc(OCc3cccc(C)n3)cn2)o1)C1CCCCC1. The first-order valence-electron chi connectivity index (χ1n) is 11.7. The standard InChI is InChI=1S/C26H30N4O4/c1-17-7-6-10-19(29-17)16-33-20-11-12-21(28-15-20)22-13-14-23(34-22)25(31)30-24(26(32)27-2)18-8-4-3-5-9-18/h6-7,10-15,18,24H,3-5,8-9,16H2,1-2H3,(H,27,32)(H,30,31)/t24-/m0/s1. The van der Waals surface area contributed by atoms with Gasteiger partial charge in [-0.2, -0.15) is 0 Å². The molecule has 1 atom stereocenters. The first-order chi connectivity index (χ1) is 16.5. The number of rotatable bonds is 8. The molecule has 1 aliphatic rings. The van der Waals surface area contributed by atoms with Gasteiger partial charge in [0.2, 0.25) is 5.91 Å². The lowest BCUT2D eigenvalue weighted by Gasteiger charge is -2.29. The fourth-order valence-corrected chi connectivity index (χ4v) is 4.28. The van der Waals surface area contributed by atoms with Crippen molar-refractivity contribution in [3.05, 3.63) is 65.8 Å². The number of amides is 2. The number of hydrogen-bond donors (Lipinski definition) is 2. The Morgan fingerprint density at radius 3 is 2.65 bits per heavy atom. The van der Waals surface area contributed by atoms with Gasteiger partial charge in [-0.25, -0.2) is 4.98 Å². The number of pyridine rings is 2. The zero-order valence-corrected chi connectivity index (χ0v) is 19.5. The maximum absolute atomic E-state index is 12.8. The normalized spacial score (nSPS) is 14.9. The molecule has 34 heavy (non-hydrogen) atoms. The number of carbonyl (C=O) groups is 2. The second-order valence-corrected chi connectivity index (χ2v) is 8.57. The van der Waals surface area contributed by atoms with E-state index in [1.54, 1.807) is 37.5 Å². The maximum atomic E-state index is 12.8. The van der Waals surface area contributed by atoms with Crippen molar-refractivity contribution in [2.45, 2.75) is 51.7 Å². The molecular formula is C26H30N4O4. The summed E-state index contributed by atoms with van der Waals surface area (Å²) in [6, 6.07) is 12.1. The Bertz CT molecular complexity index is 1120. The third kappa shape index (κ3) is 5.81. The number of hydrogen-bond acceptors (Lipinski definition) is 6. The summed E-state index contributed by atoms with van der Waals surface area (Å²) in [5.41, 5.74) is 2.36. The maximum Gasteiger partial charge on any atom is 0.287 e. The molecule has 1 saturated carbocycles. The molecule has 8 nitrogen and oxygen atoms in total. The van der Waals surface area contributed by atoms with Gasteiger partial charge in [-0.3, -0.25) is 14.6 Å². The third-order valence-corrected chi connectivity index (χ3v) is 6.09. The van der Waals surface area contributed by atoms with Crippen LogP contribution in [-0.2, 0) is 11.4 Å². The Balaban J connectivity index is 1.38. The molecule has 0 saturated heterocycles. The molecule has 3 heterocycles. The number of carbonyl (C=O) groups excluding carboxylic acids is 2. The van der Waals surface area contributed by atoms with Gasteiger partial charge in [0.05, 0.1) is 11.9 Å². The summed E-state index contributed by atoms with van der Waals surface area (Å²) < 4.78 is 11.5. The molecule has 3 aromatic heterocycles. The third-order valence-electron chi connectivity index (χ3n) is 6.09. The van der Waals surface area contributed by atoms with E-state index in [0.717, 1.165) is 37.1 Å². The number of nitrogens with one attached hydrogen (secondary N) is 2. The van der Waals surface area contributed by atoms with Crippen LogP contribution in [0, 0.1) is 12.8 Å². The highest BCUT2D eigenvalue weighted by molar-refractivity contribution is 5.96. The first-order valence-corrected chi connectivity index (χ1v) is 11.7. The van der Waals surface area contributed by atoms with Crippen LogP contribution < -0.4 is 15.4 Å². The molecule has 178 valence electrons. The lowest BCUT2D eigenvalue weighted by atomic mass is 9.83. The molecule has 4 rings (SSSR count).